The molecule has 2 aromatic heterocycles. The summed E-state index contributed by atoms with van der Waals surface area (Å²) >= 11 is 0. The van der Waals surface area contributed by atoms with Crippen LogP contribution in [0.2, 0.25) is 0 Å². The van der Waals surface area contributed by atoms with Crippen molar-refractivity contribution in [3.63, 3.8) is 0 Å². The van der Waals surface area contributed by atoms with Gasteiger partial charge in [-0.25, -0.2) is 9.67 Å². The van der Waals surface area contributed by atoms with Crippen molar-refractivity contribution < 1.29 is 4.79 Å². The first-order valence-corrected chi connectivity index (χ1v) is 7.87. The lowest BCUT2D eigenvalue weighted by molar-refractivity contribution is 0.0713. The smallest absolute Gasteiger partial charge is 0.255 e. The van der Waals surface area contributed by atoms with Crippen LogP contribution in [-0.4, -0.2) is 44.7 Å². The van der Waals surface area contributed by atoms with Crippen molar-refractivity contribution in [2.75, 3.05) is 13.1 Å². The largest absolute Gasteiger partial charge is 0.338 e. The summed E-state index contributed by atoms with van der Waals surface area (Å²) in [6, 6.07) is 2.38. The second-order valence-electron chi connectivity index (χ2n) is 6.35. The molecule has 0 spiro atoms. The third kappa shape index (κ3) is 2.59. The third-order valence-electron chi connectivity index (χ3n) is 4.31. The molecule has 2 aromatic rings. The zero-order valence-corrected chi connectivity index (χ0v) is 13.4. The topological polar surface area (TPSA) is 77.0 Å². The summed E-state index contributed by atoms with van der Waals surface area (Å²) in [7, 11) is 0. The molecular formula is C16H23N5O. The number of nitrogens with zero attached hydrogens (tertiary/aromatic N) is 4. The Balaban J connectivity index is 1.94. The van der Waals surface area contributed by atoms with Gasteiger partial charge in [-0.1, -0.05) is 0 Å². The molecule has 0 unspecified atom stereocenters. The number of likely N-dealkylation sites (tertiary alicyclic amines) is 1. The minimum atomic E-state index is 0.0519. The predicted octanol–water partition coefficient (Wildman–Crippen LogP) is 1.88. The van der Waals surface area contributed by atoms with Gasteiger partial charge < -0.3 is 10.6 Å². The summed E-state index contributed by atoms with van der Waals surface area (Å²) in [6.07, 6.45) is 3.52. The maximum absolute atomic E-state index is 12.7. The van der Waals surface area contributed by atoms with E-state index in [0.29, 0.717) is 5.56 Å². The van der Waals surface area contributed by atoms with Crippen LogP contribution in [0.15, 0.2) is 12.3 Å². The molecule has 118 valence electrons. The fourth-order valence-electron chi connectivity index (χ4n) is 2.93. The zero-order valence-electron chi connectivity index (χ0n) is 13.4. The number of carbonyl (C=O) groups is 1. The first-order chi connectivity index (χ1) is 10.5. The number of amides is 1. The SMILES string of the molecule is Cc1nc2c(cnn2C(C)C)cc1C(=O)N1CCC(N)CC1. The van der Waals surface area contributed by atoms with Crippen LogP contribution in [0.4, 0.5) is 0 Å². The average Bonchev–Trinajstić information content (AvgIpc) is 2.89. The van der Waals surface area contributed by atoms with E-state index in [2.05, 4.69) is 23.9 Å². The molecule has 0 saturated carbocycles. The molecule has 0 atom stereocenters. The van der Waals surface area contributed by atoms with Gasteiger partial charge in [0.15, 0.2) is 5.65 Å². The second kappa shape index (κ2) is 5.68. The van der Waals surface area contributed by atoms with Crippen molar-refractivity contribution in [1.29, 1.82) is 0 Å². The summed E-state index contributed by atoms with van der Waals surface area (Å²) in [6.45, 7) is 7.48. The van der Waals surface area contributed by atoms with E-state index in [9.17, 15) is 4.79 Å². The van der Waals surface area contributed by atoms with E-state index in [1.165, 1.54) is 0 Å². The van der Waals surface area contributed by atoms with Gasteiger partial charge >= 0.3 is 0 Å². The molecule has 3 rings (SSSR count). The van der Waals surface area contributed by atoms with Crippen LogP contribution in [0.1, 0.15) is 48.8 Å². The number of rotatable bonds is 2. The Morgan fingerprint density at radius 1 is 1.36 bits per heavy atom. The van der Waals surface area contributed by atoms with Crippen molar-refractivity contribution >= 4 is 16.9 Å². The lowest BCUT2D eigenvalue weighted by Gasteiger charge is -2.30. The van der Waals surface area contributed by atoms with Crippen molar-refractivity contribution in [3.8, 4) is 0 Å². The summed E-state index contributed by atoms with van der Waals surface area (Å²) in [4.78, 5) is 19.2. The van der Waals surface area contributed by atoms with E-state index in [-0.39, 0.29) is 18.0 Å². The Morgan fingerprint density at radius 2 is 2.05 bits per heavy atom. The fraction of sp³-hybridized carbons (Fsp3) is 0.562. The van der Waals surface area contributed by atoms with Gasteiger partial charge in [0.2, 0.25) is 0 Å². The number of piperidine rings is 1. The van der Waals surface area contributed by atoms with E-state index in [1.54, 1.807) is 6.20 Å². The van der Waals surface area contributed by atoms with E-state index < -0.39 is 0 Å². The Morgan fingerprint density at radius 3 is 2.68 bits per heavy atom. The molecule has 6 heteroatoms. The number of pyridine rings is 1. The number of carbonyl (C=O) groups excluding carboxylic acids is 1. The van der Waals surface area contributed by atoms with Crippen LogP contribution < -0.4 is 5.73 Å². The molecule has 0 aliphatic carbocycles. The first-order valence-electron chi connectivity index (χ1n) is 7.87. The molecule has 6 nitrogen and oxygen atoms in total. The van der Waals surface area contributed by atoms with E-state index in [0.717, 1.165) is 42.7 Å². The third-order valence-corrected chi connectivity index (χ3v) is 4.31. The van der Waals surface area contributed by atoms with Gasteiger partial charge in [-0.15, -0.1) is 0 Å². The van der Waals surface area contributed by atoms with Crippen molar-refractivity contribution in [1.82, 2.24) is 19.7 Å². The van der Waals surface area contributed by atoms with E-state index >= 15 is 0 Å². The van der Waals surface area contributed by atoms with Gasteiger partial charge in [-0.2, -0.15) is 5.10 Å². The lowest BCUT2D eigenvalue weighted by atomic mass is 10.0. The van der Waals surface area contributed by atoms with Crippen LogP contribution in [-0.2, 0) is 0 Å². The summed E-state index contributed by atoms with van der Waals surface area (Å²) < 4.78 is 1.89. The first kappa shape index (κ1) is 15.0. The lowest BCUT2D eigenvalue weighted by Crippen LogP contribution is -2.43. The minimum Gasteiger partial charge on any atom is -0.338 e. The van der Waals surface area contributed by atoms with Crippen molar-refractivity contribution in [3.05, 3.63) is 23.5 Å². The molecule has 1 fully saturated rings. The highest BCUT2D eigenvalue weighted by atomic mass is 16.2. The number of nitrogens with two attached hydrogens (primary N) is 1. The van der Waals surface area contributed by atoms with Crippen LogP contribution >= 0.6 is 0 Å². The molecule has 22 heavy (non-hydrogen) atoms. The predicted molar refractivity (Wildman–Crippen MR) is 85.8 cm³/mol. The summed E-state index contributed by atoms with van der Waals surface area (Å²) in [5.74, 6) is 0.0519. The van der Waals surface area contributed by atoms with Gasteiger partial charge in [0.25, 0.3) is 5.91 Å². The highest BCUT2D eigenvalue weighted by Crippen LogP contribution is 2.21. The number of hydrogen-bond acceptors (Lipinski definition) is 4. The van der Waals surface area contributed by atoms with Crippen LogP contribution in [0.3, 0.4) is 0 Å². The molecule has 2 N–H and O–H groups in total. The Bertz CT molecular complexity index is 698. The van der Waals surface area contributed by atoms with Gasteiger partial charge in [-0.05, 0) is 39.7 Å². The highest BCUT2D eigenvalue weighted by molar-refractivity contribution is 5.98. The van der Waals surface area contributed by atoms with Gasteiger partial charge in [0, 0.05) is 30.6 Å². The Kier molecular flexibility index (Phi) is 3.87. The van der Waals surface area contributed by atoms with Gasteiger partial charge in [-0.3, -0.25) is 4.79 Å². The molecular weight excluding hydrogens is 278 g/mol. The number of aryl methyl sites for hydroxylation is 1. The summed E-state index contributed by atoms with van der Waals surface area (Å²) in [5, 5.41) is 5.28. The molecule has 0 aromatic carbocycles. The number of aromatic nitrogens is 3. The van der Waals surface area contributed by atoms with Crippen molar-refractivity contribution in [2.45, 2.75) is 45.7 Å². The van der Waals surface area contributed by atoms with Crippen LogP contribution in [0.5, 0.6) is 0 Å². The maximum atomic E-state index is 12.7. The standard InChI is InChI=1S/C16H23N5O/c1-10(2)21-15-12(9-18-21)8-14(11(3)19-15)16(22)20-6-4-13(17)5-7-20/h8-10,13H,4-7,17H2,1-3H3. The molecule has 0 radical (unpaired) electrons. The van der Waals surface area contributed by atoms with Gasteiger partial charge in [0.1, 0.15) is 0 Å². The van der Waals surface area contributed by atoms with Gasteiger partial charge in [0.05, 0.1) is 17.5 Å². The van der Waals surface area contributed by atoms with Crippen molar-refractivity contribution in [2.24, 2.45) is 5.73 Å². The molecule has 1 saturated heterocycles. The zero-order chi connectivity index (χ0) is 15.9. The second-order valence-corrected chi connectivity index (χ2v) is 6.35. The Labute approximate surface area is 130 Å². The number of hydrogen-bond donors (Lipinski definition) is 1. The average molecular weight is 301 g/mol. The maximum Gasteiger partial charge on any atom is 0.255 e. The molecule has 1 aliphatic heterocycles. The van der Waals surface area contributed by atoms with Crippen LogP contribution in [0.25, 0.3) is 11.0 Å². The molecule has 1 aliphatic rings. The molecule has 0 bridgehead atoms. The normalized spacial score (nSPS) is 16.7. The van der Waals surface area contributed by atoms with E-state index in [4.69, 9.17) is 5.73 Å². The van der Waals surface area contributed by atoms with Crippen LogP contribution in [0, 0.1) is 6.92 Å². The minimum absolute atomic E-state index is 0.0519. The number of fused-ring (bicyclic) bond motifs is 1. The fourth-order valence-corrected chi connectivity index (χ4v) is 2.93. The molecule has 3 heterocycles. The summed E-state index contributed by atoms with van der Waals surface area (Å²) in [5.41, 5.74) is 8.18. The molecule has 1 amide bonds. The Hall–Kier alpha value is -1.95. The van der Waals surface area contributed by atoms with E-state index in [1.807, 2.05) is 22.6 Å². The monoisotopic (exact) mass is 301 g/mol. The quantitative estimate of drug-likeness (QED) is 0.919. The highest BCUT2D eigenvalue weighted by Gasteiger charge is 2.24.